The van der Waals surface area contributed by atoms with Gasteiger partial charge < -0.3 is 0 Å². The molecule has 0 fully saturated rings. The number of nitrogens with zero attached hydrogens (tertiary/aromatic N) is 2. The number of aromatic nitrogens is 2. The molecule has 0 bridgehead atoms. The summed E-state index contributed by atoms with van der Waals surface area (Å²) >= 11 is 1.17. The van der Waals surface area contributed by atoms with E-state index in [1.165, 1.54) is 11.5 Å². The van der Waals surface area contributed by atoms with Crippen LogP contribution < -0.4 is 0 Å². The minimum absolute atomic E-state index is 0.0914. The highest BCUT2D eigenvalue weighted by molar-refractivity contribution is 7.08. The molecule has 2 rings (SSSR count). The van der Waals surface area contributed by atoms with Crippen molar-refractivity contribution in [1.82, 2.24) is 9.59 Å². The summed E-state index contributed by atoms with van der Waals surface area (Å²) in [4.78, 5) is 12.5. The lowest BCUT2D eigenvalue weighted by Gasteiger charge is -1.98. The number of ketones is 1. The minimum Gasteiger partial charge on any atom is -0.293 e. The Morgan fingerprint density at radius 2 is 2.07 bits per heavy atom. The Kier molecular flexibility index (Phi) is 2.87. The molecule has 0 amide bonds. The van der Waals surface area contributed by atoms with Gasteiger partial charge in [0.05, 0.1) is 5.69 Å². The summed E-state index contributed by atoms with van der Waals surface area (Å²) in [5, 5.41) is 3.83. The van der Waals surface area contributed by atoms with E-state index in [0.717, 1.165) is 11.3 Å². The maximum absolute atomic E-state index is 11.8. The lowest BCUT2D eigenvalue weighted by atomic mass is 10.1. The number of aryl methyl sites for hydroxylation is 1. The van der Waals surface area contributed by atoms with E-state index in [1.807, 2.05) is 37.3 Å². The number of carbonyl (C=O) groups is 1. The third-order valence-corrected chi connectivity index (χ3v) is 2.98. The van der Waals surface area contributed by atoms with Crippen molar-refractivity contribution in [3.05, 3.63) is 46.5 Å². The molecule has 0 spiro atoms. The molecule has 2 aromatic rings. The molecule has 0 atom stereocenters. The van der Waals surface area contributed by atoms with Crippen LogP contribution in [0.3, 0.4) is 0 Å². The van der Waals surface area contributed by atoms with Crippen LogP contribution in [0.1, 0.15) is 20.9 Å². The Balaban J connectivity index is 2.15. The Labute approximate surface area is 91.9 Å². The van der Waals surface area contributed by atoms with Crippen molar-refractivity contribution in [3.63, 3.8) is 0 Å². The number of rotatable bonds is 3. The van der Waals surface area contributed by atoms with Gasteiger partial charge in [-0.15, -0.1) is 5.10 Å². The molecule has 0 saturated heterocycles. The van der Waals surface area contributed by atoms with Crippen LogP contribution in [0.2, 0.25) is 0 Å². The Bertz CT molecular complexity index is 464. The molecule has 0 saturated carbocycles. The fraction of sp³-hybridized carbons (Fsp3) is 0.182. The van der Waals surface area contributed by atoms with E-state index in [9.17, 15) is 4.79 Å². The van der Waals surface area contributed by atoms with E-state index in [0.29, 0.717) is 11.3 Å². The monoisotopic (exact) mass is 218 g/mol. The van der Waals surface area contributed by atoms with Gasteiger partial charge in [0.15, 0.2) is 5.78 Å². The molecular formula is C11H10N2OS. The molecular weight excluding hydrogens is 208 g/mol. The van der Waals surface area contributed by atoms with Crippen LogP contribution in [0, 0.1) is 6.92 Å². The zero-order valence-corrected chi connectivity index (χ0v) is 9.12. The van der Waals surface area contributed by atoms with Crippen molar-refractivity contribution in [3.8, 4) is 0 Å². The molecule has 0 N–H and O–H groups in total. The largest absolute Gasteiger partial charge is 0.293 e. The van der Waals surface area contributed by atoms with Gasteiger partial charge in [-0.3, -0.25) is 4.79 Å². The quantitative estimate of drug-likeness (QED) is 0.742. The van der Waals surface area contributed by atoms with E-state index in [2.05, 4.69) is 9.59 Å². The maximum atomic E-state index is 11.8. The van der Waals surface area contributed by atoms with Crippen LogP contribution >= 0.6 is 11.5 Å². The predicted octanol–water partition coefficient (Wildman–Crippen LogP) is 2.27. The topological polar surface area (TPSA) is 42.9 Å². The summed E-state index contributed by atoms with van der Waals surface area (Å²) in [6.07, 6.45) is 0.422. The third kappa shape index (κ3) is 2.27. The lowest BCUT2D eigenvalue weighted by Crippen LogP contribution is -2.02. The summed E-state index contributed by atoms with van der Waals surface area (Å²) in [6.45, 7) is 1.81. The predicted molar refractivity (Wildman–Crippen MR) is 59.1 cm³/mol. The van der Waals surface area contributed by atoms with Gasteiger partial charge in [-0.05, 0) is 24.0 Å². The summed E-state index contributed by atoms with van der Waals surface area (Å²) in [5.74, 6) is 0.0914. The summed E-state index contributed by atoms with van der Waals surface area (Å²) in [5.41, 5.74) is 1.75. The van der Waals surface area contributed by atoms with E-state index in [1.54, 1.807) is 0 Å². The zero-order valence-electron chi connectivity index (χ0n) is 8.30. The molecule has 0 aliphatic rings. The van der Waals surface area contributed by atoms with Gasteiger partial charge in [0.1, 0.15) is 4.88 Å². The van der Waals surface area contributed by atoms with Gasteiger partial charge in [-0.1, -0.05) is 34.8 Å². The third-order valence-electron chi connectivity index (χ3n) is 2.11. The van der Waals surface area contributed by atoms with Crippen LogP contribution in [0.4, 0.5) is 0 Å². The molecule has 1 heterocycles. The van der Waals surface area contributed by atoms with Gasteiger partial charge in [-0.25, -0.2) is 0 Å². The molecule has 1 aromatic heterocycles. The SMILES string of the molecule is Cc1nnsc1C(=O)Cc1ccccc1. The fourth-order valence-electron chi connectivity index (χ4n) is 1.35. The number of benzene rings is 1. The normalized spacial score (nSPS) is 10.2. The zero-order chi connectivity index (χ0) is 10.7. The molecule has 0 unspecified atom stereocenters. The second-order valence-electron chi connectivity index (χ2n) is 3.27. The van der Waals surface area contributed by atoms with Crippen molar-refractivity contribution < 1.29 is 4.79 Å². The second-order valence-corrected chi connectivity index (χ2v) is 4.03. The number of Topliss-reactive ketones (excluding diaryl/α,β-unsaturated/α-hetero) is 1. The second kappa shape index (κ2) is 4.31. The van der Waals surface area contributed by atoms with Crippen LogP contribution in [-0.4, -0.2) is 15.4 Å². The van der Waals surface area contributed by atoms with Gasteiger partial charge in [-0.2, -0.15) is 0 Å². The summed E-state index contributed by atoms with van der Waals surface area (Å²) < 4.78 is 3.76. The first-order valence-corrected chi connectivity index (χ1v) is 5.41. The van der Waals surface area contributed by atoms with Crippen LogP contribution in [-0.2, 0) is 6.42 Å². The molecule has 0 radical (unpaired) electrons. The van der Waals surface area contributed by atoms with Gasteiger partial charge in [0.25, 0.3) is 0 Å². The van der Waals surface area contributed by atoms with Crippen molar-refractivity contribution >= 4 is 17.3 Å². The summed E-state index contributed by atoms with van der Waals surface area (Å²) in [6, 6.07) is 9.69. The molecule has 0 aliphatic carbocycles. The lowest BCUT2D eigenvalue weighted by molar-refractivity contribution is 0.0996. The Hall–Kier alpha value is -1.55. The molecule has 0 aliphatic heterocycles. The number of carbonyl (C=O) groups excluding carboxylic acids is 1. The van der Waals surface area contributed by atoms with E-state index >= 15 is 0 Å². The van der Waals surface area contributed by atoms with Crippen molar-refractivity contribution in [2.24, 2.45) is 0 Å². The minimum atomic E-state index is 0.0914. The Morgan fingerprint density at radius 1 is 1.33 bits per heavy atom. The molecule has 3 nitrogen and oxygen atoms in total. The van der Waals surface area contributed by atoms with Crippen LogP contribution in [0.15, 0.2) is 30.3 Å². The van der Waals surface area contributed by atoms with Gasteiger partial charge >= 0.3 is 0 Å². The van der Waals surface area contributed by atoms with Crippen LogP contribution in [0.25, 0.3) is 0 Å². The van der Waals surface area contributed by atoms with Crippen LogP contribution in [0.5, 0.6) is 0 Å². The number of hydrogen-bond acceptors (Lipinski definition) is 4. The van der Waals surface area contributed by atoms with Crippen molar-refractivity contribution in [2.75, 3.05) is 0 Å². The van der Waals surface area contributed by atoms with E-state index in [4.69, 9.17) is 0 Å². The average Bonchev–Trinajstić information content (AvgIpc) is 2.66. The highest BCUT2D eigenvalue weighted by Crippen LogP contribution is 2.13. The first-order valence-electron chi connectivity index (χ1n) is 4.63. The molecule has 4 heteroatoms. The molecule has 76 valence electrons. The molecule has 1 aromatic carbocycles. The maximum Gasteiger partial charge on any atom is 0.180 e. The van der Waals surface area contributed by atoms with E-state index < -0.39 is 0 Å². The van der Waals surface area contributed by atoms with Crippen molar-refractivity contribution in [2.45, 2.75) is 13.3 Å². The summed E-state index contributed by atoms with van der Waals surface area (Å²) in [7, 11) is 0. The first kappa shape index (κ1) is 9.98. The highest BCUT2D eigenvalue weighted by atomic mass is 32.1. The molecule has 15 heavy (non-hydrogen) atoms. The fourth-order valence-corrected chi connectivity index (χ4v) is 1.94. The smallest absolute Gasteiger partial charge is 0.180 e. The number of hydrogen-bond donors (Lipinski definition) is 0. The van der Waals surface area contributed by atoms with E-state index in [-0.39, 0.29) is 5.78 Å². The Morgan fingerprint density at radius 3 is 2.67 bits per heavy atom. The van der Waals surface area contributed by atoms with Crippen molar-refractivity contribution in [1.29, 1.82) is 0 Å². The van der Waals surface area contributed by atoms with Gasteiger partial charge in [0.2, 0.25) is 0 Å². The first-order chi connectivity index (χ1) is 7.27. The standard InChI is InChI=1S/C11H10N2OS/c1-8-11(15-13-12-8)10(14)7-9-5-3-2-4-6-9/h2-6H,7H2,1H3. The van der Waals surface area contributed by atoms with Gasteiger partial charge in [0, 0.05) is 6.42 Å². The average molecular weight is 218 g/mol. The highest BCUT2D eigenvalue weighted by Gasteiger charge is 2.13.